The SMILES string of the molecule is Cc1ccc(C2=Cc3cc4c(c(-c5ccccc5)c3C2)C(C)(C)CC4(C)C)o1. The maximum atomic E-state index is 5.96. The molecule has 2 aromatic carbocycles. The molecule has 2 aliphatic carbocycles. The van der Waals surface area contributed by atoms with E-state index in [-0.39, 0.29) is 10.8 Å². The van der Waals surface area contributed by atoms with Crippen molar-refractivity contribution in [3.8, 4) is 11.1 Å². The van der Waals surface area contributed by atoms with Gasteiger partial charge >= 0.3 is 0 Å². The lowest BCUT2D eigenvalue weighted by Gasteiger charge is -2.25. The minimum atomic E-state index is 0.170. The lowest BCUT2D eigenvalue weighted by molar-refractivity contribution is 0.403. The van der Waals surface area contributed by atoms with Crippen molar-refractivity contribution in [1.29, 1.82) is 0 Å². The van der Waals surface area contributed by atoms with E-state index in [2.05, 4.69) is 82.3 Å². The molecular formula is C27H28O. The van der Waals surface area contributed by atoms with Crippen LogP contribution in [-0.2, 0) is 17.3 Å². The van der Waals surface area contributed by atoms with Crippen LogP contribution in [0, 0.1) is 6.92 Å². The van der Waals surface area contributed by atoms with E-state index in [1.807, 2.05) is 6.92 Å². The van der Waals surface area contributed by atoms with Gasteiger partial charge in [0.15, 0.2) is 0 Å². The van der Waals surface area contributed by atoms with Crippen LogP contribution in [0.1, 0.15) is 67.9 Å². The van der Waals surface area contributed by atoms with Crippen LogP contribution in [0.15, 0.2) is 52.9 Å². The van der Waals surface area contributed by atoms with E-state index in [1.165, 1.54) is 39.8 Å². The summed E-state index contributed by atoms with van der Waals surface area (Å²) in [6, 6.07) is 17.6. The average molecular weight is 369 g/mol. The van der Waals surface area contributed by atoms with Crippen LogP contribution in [0.3, 0.4) is 0 Å². The first-order valence-corrected chi connectivity index (χ1v) is 10.3. The second kappa shape index (κ2) is 5.73. The second-order valence-corrected chi connectivity index (χ2v) is 9.81. The first-order valence-electron chi connectivity index (χ1n) is 10.3. The van der Waals surface area contributed by atoms with Crippen molar-refractivity contribution in [3.05, 3.63) is 82.3 Å². The summed E-state index contributed by atoms with van der Waals surface area (Å²) in [6.07, 6.45) is 4.48. The number of benzene rings is 2. The van der Waals surface area contributed by atoms with Crippen LogP contribution in [-0.4, -0.2) is 0 Å². The van der Waals surface area contributed by atoms with Gasteiger partial charge in [0.1, 0.15) is 11.5 Å². The molecule has 0 atom stereocenters. The highest BCUT2D eigenvalue weighted by Gasteiger charge is 2.45. The number of furan rings is 1. The van der Waals surface area contributed by atoms with Gasteiger partial charge in [0.25, 0.3) is 0 Å². The highest BCUT2D eigenvalue weighted by atomic mass is 16.3. The van der Waals surface area contributed by atoms with E-state index in [0.29, 0.717) is 0 Å². The number of hydrogen-bond acceptors (Lipinski definition) is 1. The van der Waals surface area contributed by atoms with Crippen molar-refractivity contribution >= 4 is 11.6 Å². The molecule has 0 fully saturated rings. The minimum absolute atomic E-state index is 0.170. The molecule has 1 nitrogen and oxygen atoms in total. The summed E-state index contributed by atoms with van der Waals surface area (Å²) in [4.78, 5) is 0. The van der Waals surface area contributed by atoms with E-state index in [0.717, 1.165) is 17.9 Å². The molecule has 0 N–H and O–H groups in total. The van der Waals surface area contributed by atoms with Crippen LogP contribution < -0.4 is 0 Å². The highest BCUT2D eigenvalue weighted by Crippen LogP contribution is 2.55. The Bertz CT molecular complexity index is 1110. The van der Waals surface area contributed by atoms with Gasteiger partial charge in [-0.3, -0.25) is 0 Å². The number of allylic oxidation sites excluding steroid dienone is 1. The standard InChI is InChI=1S/C27H28O/c1-17-11-12-23(28-17)20-13-19-15-22-25(27(4,5)16-26(22,2)3)24(21(19)14-20)18-9-7-6-8-10-18/h6-13,15H,14,16H2,1-5H3. The van der Waals surface area contributed by atoms with Gasteiger partial charge in [-0.1, -0.05) is 64.1 Å². The summed E-state index contributed by atoms with van der Waals surface area (Å²) in [5, 5.41) is 0. The van der Waals surface area contributed by atoms with E-state index in [1.54, 1.807) is 5.56 Å². The Hall–Kier alpha value is -2.54. The van der Waals surface area contributed by atoms with Crippen molar-refractivity contribution in [3.63, 3.8) is 0 Å². The number of rotatable bonds is 2. The molecule has 28 heavy (non-hydrogen) atoms. The zero-order chi connectivity index (χ0) is 19.7. The molecule has 1 aromatic heterocycles. The van der Waals surface area contributed by atoms with Crippen LogP contribution >= 0.6 is 0 Å². The summed E-state index contributed by atoms with van der Waals surface area (Å²) < 4.78 is 5.96. The Labute approximate surface area is 168 Å². The van der Waals surface area contributed by atoms with Gasteiger partial charge in [-0.05, 0) is 81.3 Å². The molecule has 1 heterocycles. The van der Waals surface area contributed by atoms with Gasteiger partial charge in [0.2, 0.25) is 0 Å². The molecule has 0 aliphatic heterocycles. The molecule has 1 heteroatoms. The fraction of sp³-hybridized carbons (Fsp3) is 0.333. The molecule has 0 saturated heterocycles. The third-order valence-electron chi connectivity index (χ3n) is 6.58. The van der Waals surface area contributed by atoms with Gasteiger partial charge in [0, 0.05) is 6.42 Å². The molecule has 0 radical (unpaired) electrons. The quantitative estimate of drug-likeness (QED) is 0.462. The molecule has 0 unspecified atom stereocenters. The summed E-state index contributed by atoms with van der Waals surface area (Å²) >= 11 is 0. The van der Waals surface area contributed by atoms with Gasteiger partial charge < -0.3 is 4.42 Å². The molecule has 3 aromatic rings. The van der Waals surface area contributed by atoms with Crippen LogP contribution in [0.5, 0.6) is 0 Å². The van der Waals surface area contributed by atoms with Gasteiger partial charge in [-0.2, -0.15) is 0 Å². The van der Waals surface area contributed by atoms with Crippen molar-refractivity contribution in [2.75, 3.05) is 0 Å². The number of fused-ring (bicyclic) bond motifs is 2. The molecule has 142 valence electrons. The lowest BCUT2D eigenvalue weighted by Crippen LogP contribution is -2.18. The Morgan fingerprint density at radius 2 is 1.64 bits per heavy atom. The van der Waals surface area contributed by atoms with E-state index in [9.17, 15) is 0 Å². The van der Waals surface area contributed by atoms with Crippen LogP contribution in [0.2, 0.25) is 0 Å². The maximum Gasteiger partial charge on any atom is 0.130 e. The Morgan fingerprint density at radius 1 is 0.893 bits per heavy atom. The summed E-state index contributed by atoms with van der Waals surface area (Å²) in [7, 11) is 0. The maximum absolute atomic E-state index is 5.96. The third-order valence-corrected chi connectivity index (χ3v) is 6.58. The highest BCUT2D eigenvalue weighted by molar-refractivity contribution is 5.93. The normalized spacial score (nSPS) is 18.7. The van der Waals surface area contributed by atoms with E-state index in [4.69, 9.17) is 4.42 Å². The predicted molar refractivity (Wildman–Crippen MR) is 118 cm³/mol. The molecule has 0 bridgehead atoms. The fourth-order valence-electron chi connectivity index (χ4n) is 5.71. The van der Waals surface area contributed by atoms with Crippen molar-refractivity contribution in [1.82, 2.24) is 0 Å². The smallest absolute Gasteiger partial charge is 0.130 e. The van der Waals surface area contributed by atoms with Crippen LogP contribution in [0.4, 0.5) is 0 Å². The average Bonchev–Trinajstić information content (AvgIpc) is 3.29. The summed E-state index contributed by atoms with van der Waals surface area (Å²) in [5.74, 6) is 1.98. The van der Waals surface area contributed by atoms with Crippen molar-refractivity contribution in [2.24, 2.45) is 0 Å². The largest absolute Gasteiger partial charge is 0.462 e. The molecule has 0 spiro atoms. The van der Waals surface area contributed by atoms with E-state index < -0.39 is 0 Å². The van der Waals surface area contributed by atoms with Gasteiger partial charge in [-0.15, -0.1) is 0 Å². The van der Waals surface area contributed by atoms with Crippen molar-refractivity contribution in [2.45, 2.75) is 58.3 Å². The van der Waals surface area contributed by atoms with Gasteiger partial charge in [-0.25, -0.2) is 0 Å². The molecular weight excluding hydrogens is 340 g/mol. The molecule has 5 rings (SSSR count). The second-order valence-electron chi connectivity index (χ2n) is 9.81. The first-order chi connectivity index (χ1) is 13.3. The van der Waals surface area contributed by atoms with Crippen molar-refractivity contribution < 1.29 is 4.42 Å². The number of hydrogen-bond donors (Lipinski definition) is 0. The summed E-state index contributed by atoms with van der Waals surface area (Å²) in [6.45, 7) is 11.6. The monoisotopic (exact) mass is 368 g/mol. The predicted octanol–water partition coefficient (Wildman–Crippen LogP) is 7.31. The fourth-order valence-corrected chi connectivity index (χ4v) is 5.71. The Kier molecular flexibility index (Phi) is 3.59. The topological polar surface area (TPSA) is 13.1 Å². The zero-order valence-corrected chi connectivity index (χ0v) is 17.5. The van der Waals surface area contributed by atoms with Gasteiger partial charge in [0.05, 0.1) is 0 Å². The lowest BCUT2D eigenvalue weighted by atomic mass is 9.79. The van der Waals surface area contributed by atoms with Crippen LogP contribution in [0.25, 0.3) is 22.8 Å². The number of aryl methyl sites for hydroxylation is 1. The van der Waals surface area contributed by atoms with E-state index >= 15 is 0 Å². The minimum Gasteiger partial charge on any atom is -0.462 e. The summed E-state index contributed by atoms with van der Waals surface area (Å²) in [5.41, 5.74) is 10.3. The Morgan fingerprint density at radius 3 is 2.32 bits per heavy atom. The third kappa shape index (κ3) is 2.53. The first kappa shape index (κ1) is 17.6. The Balaban J connectivity index is 1.78. The molecule has 0 saturated carbocycles. The molecule has 0 amide bonds. The zero-order valence-electron chi connectivity index (χ0n) is 17.5. The molecule has 2 aliphatic rings.